The lowest BCUT2D eigenvalue weighted by atomic mass is 9.81. The summed E-state index contributed by atoms with van der Waals surface area (Å²) in [7, 11) is 0. The standard InChI is InChI=1S/C15H24O10/c1-14(21)4-7(17)15(22)2-3-23-13(11(14)15)25-12-10(20)9(19)8(18)6(5-16)24-12/h2-3,6-13,16-22H,4-5H2,1H3/t6-,7+,8-,9+,10-,11+,12?,13-,14-,15+/m1/s1. The van der Waals surface area contributed by atoms with Crippen molar-refractivity contribution in [3.8, 4) is 0 Å². The maximum absolute atomic E-state index is 10.7. The molecule has 25 heavy (non-hydrogen) atoms. The van der Waals surface area contributed by atoms with Crippen LogP contribution in [-0.2, 0) is 14.2 Å². The van der Waals surface area contributed by atoms with E-state index >= 15 is 0 Å². The molecule has 2 fully saturated rings. The van der Waals surface area contributed by atoms with Crippen molar-refractivity contribution in [2.24, 2.45) is 5.92 Å². The Labute approximate surface area is 143 Å². The Morgan fingerprint density at radius 2 is 1.76 bits per heavy atom. The van der Waals surface area contributed by atoms with Crippen LogP contribution in [0.2, 0.25) is 0 Å². The van der Waals surface area contributed by atoms with Crippen LogP contribution in [0, 0.1) is 5.92 Å². The van der Waals surface area contributed by atoms with Gasteiger partial charge in [0, 0.05) is 6.42 Å². The number of rotatable bonds is 3. The predicted octanol–water partition coefficient (Wildman–Crippen LogP) is -3.46. The van der Waals surface area contributed by atoms with E-state index in [0.717, 1.165) is 6.26 Å². The third-order valence-electron chi connectivity index (χ3n) is 5.25. The molecule has 3 rings (SSSR count). The van der Waals surface area contributed by atoms with Gasteiger partial charge in [0.15, 0.2) is 6.29 Å². The Morgan fingerprint density at radius 3 is 2.40 bits per heavy atom. The summed E-state index contributed by atoms with van der Waals surface area (Å²) in [6, 6.07) is 0. The monoisotopic (exact) mass is 364 g/mol. The highest BCUT2D eigenvalue weighted by Crippen LogP contribution is 2.49. The van der Waals surface area contributed by atoms with E-state index in [0.29, 0.717) is 0 Å². The van der Waals surface area contributed by atoms with Crippen LogP contribution in [0.15, 0.2) is 12.3 Å². The van der Waals surface area contributed by atoms with Gasteiger partial charge in [0.2, 0.25) is 6.29 Å². The zero-order valence-corrected chi connectivity index (χ0v) is 13.5. The number of hydrogen-bond donors (Lipinski definition) is 7. The molecule has 0 aromatic carbocycles. The second-order valence-electron chi connectivity index (χ2n) is 7.08. The minimum atomic E-state index is -1.81. The molecular formula is C15H24O10. The van der Waals surface area contributed by atoms with E-state index in [1.165, 1.54) is 13.0 Å². The summed E-state index contributed by atoms with van der Waals surface area (Å²) < 4.78 is 16.0. The lowest BCUT2D eigenvalue weighted by Crippen LogP contribution is -2.61. The number of hydrogen-bond acceptors (Lipinski definition) is 10. The SMILES string of the molecule is C[C@@]1(O)C[C@H](O)[C@@]2(O)C=CO[C@H](OC3O[C@H](CO)[C@@H](O)[C@H](O)[C@H]3O)[C@H]21. The van der Waals surface area contributed by atoms with Crippen LogP contribution in [0.25, 0.3) is 0 Å². The van der Waals surface area contributed by atoms with E-state index in [1.807, 2.05) is 0 Å². The van der Waals surface area contributed by atoms with Crippen LogP contribution in [0.1, 0.15) is 13.3 Å². The first-order valence-corrected chi connectivity index (χ1v) is 8.04. The van der Waals surface area contributed by atoms with Gasteiger partial charge in [-0.25, -0.2) is 0 Å². The van der Waals surface area contributed by atoms with E-state index in [1.54, 1.807) is 0 Å². The minimum Gasteiger partial charge on any atom is -0.472 e. The summed E-state index contributed by atoms with van der Waals surface area (Å²) in [6.45, 7) is 0.783. The fourth-order valence-corrected chi connectivity index (χ4v) is 3.84. The van der Waals surface area contributed by atoms with Crippen LogP contribution >= 0.6 is 0 Å². The molecule has 144 valence electrons. The molecule has 0 aromatic heterocycles. The van der Waals surface area contributed by atoms with Crippen molar-refractivity contribution in [2.45, 2.75) is 67.6 Å². The zero-order valence-electron chi connectivity index (χ0n) is 13.5. The Kier molecular flexibility index (Phi) is 4.86. The first-order valence-electron chi connectivity index (χ1n) is 8.04. The summed E-state index contributed by atoms with van der Waals surface area (Å²) in [6.07, 6.45) is -7.87. The van der Waals surface area contributed by atoms with Crippen molar-refractivity contribution in [1.29, 1.82) is 0 Å². The van der Waals surface area contributed by atoms with Crippen LogP contribution in [0.5, 0.6) is 0 Å². The average Bonchev–Trinajstić information content (AvgIpc) is 2.73. The zero-order chi connectivity index (χ0) is 18.6. The molecule has 10 atom stereocenters. The van der Waals surface area contributed by atoms with Gasteiger partial charge in [0.25, 0.3) is 0 Å². The number of aliphatic hydroxyl groups is 7. The minimum absolute atomic E-state index is 0.129. The highest BCUT2D eigenvalue weighted by Gasteiger charge is 2.64. The quantitative estimate of drug-likeness (QED) is 0.267. The average molecular weight is 364 g/mol. The molecule has 1 saturated heterocycles. The molecular weight excluding hydrogens is 340 g/mol. The van der Waals surface area contributed by atoms with E-state index in [9.17, 15) is 35.7 Å². The van der Waals surface area contributed by atoms with Gasteiger partial charge >= 0.3 is 0 Å². The molecule has 0 radical (unpaired) electrons. The van der Waals surface area contributed by atoms with Crippen LogP contribution in [-0.4, -0.2) is 96.7 Å². The molecule has 0 spiro atoms. The van der Waals surface area contributed by atoms with Gasteiger partial charge in [0.1, 0.15) is 30.0 Å². The maximum atomic E-state index is 10.7. The largest absolute Gasteiger partial charge is 0.472 e. The molecule has 1 saturated carbocycles. The fraction of sp³-hybridized carbons (Fsp3) is 0.867. The summed E-state index contributed by atoms with van der Waals surface area (Å²) in [4.78, 5) is 0. The molecule has 0 aromatic rings. The van der Waals surface area contributed by atoms with Crippen molar-refractivity contribution in [1.82, 2.24) is 0 Å². The third-order valence-corrected chi connectivity index (χ3v) is 5.25. The highest BCUT2D eigenvalue weighted by atomic mass is 16.8. The normalized spacial score (nSPS) is 55.7. The van der Waals surface area contributed by atoms with Crippen molar-refractivity contribution in [3.05, 3.63) is 12.3 Å². The van der Waals surface area contributed by atoms with Crippen molar-refractivity contribution in [3.63, 3.8) is 0 Å². The van der Waals surface area contributed by atoms with Gasteiger partial charge in [-0.1, -0.05) is 0 Å². The van der Waals surface area contributed by atoms with E-state index in [4.69, 9.17) is 14.2 Å². The second-order valence-corrected chi connectivity index (χ2v) is 7.08. The summed E-state index contributed by atoms with van der Waals surface area (Å²) in [5, 5.41) is 70.2. The molecule has 0 bridgehead atoms. The Morgan fingerprint density at radius 1 is 1.08 bits per heavy atom. The van der Waals surface area contributed by atoms with Gasteiger partial charge in [-0.05, 0) is 13.0 Å². The van der Waals surface area contributed by atoms with Gasteiger partial charge in [-0.2, -0.15) is 0 Å². The van der Waals surface area contributed by atoms with E-state index in [2.05, 4.69) is 0 Å². The summed E-state index contributed by atoms with van der Waals surface area (Å²) in [5.74, 6) is -1.10. The van der Waals surface area contributed by atoms with Gasteiger partial charge in [-0.15, -0.1) is 0 Å². The fourth-order valence-electron chi connectivity index (χ4n) is 3.84. The Balaban J connectivity index is 1.81. The molecule has 1 unspecified atom stereocenters. The molecule has 3 aliphatic rings. The molecule has 10 nitrogen and oxygen atoms in total. The maximum Gasteiger partial charge on any atom is 0.210 e. The van der Waals surface area contributed by atoms with Crippen LogP contribution < -0.4 is 0 Å². The number of ether oxygens (including phenoxy) is 3. The lowest BCUT2D eigenvalue weighted by molar-refractivity contribution is -0.351. The predicted molar refractivity (Wildman–Crippen MR) is 78.6 cm³/mol. The van der Waals surface area contributed by atoms with E-state index < -0.39 is 66.8 Å². The van der Waals surface area contributed by atoms with Gasteiger partial charge in [-0.3, -0.25) is 0 Å². The number of fused-ring (bicyclic) bond motifs is 1. The lowest BCUT2D eigenvalue weighted by Gasteiger charge is -2.45. The molecule has 10 heteroatoms. The smallest absolute Gasteiger partial charge is 0.210 e. The third kappa shape index (κ3) is 2.97. The molecule has 1 aliphatic carbocycles. The molecule has 2 aliphatic heterocycles. The molecule has 2 heterocycles. The summed E-state index contributed by atoms with van der Waals surface area (Å²) >= 11 is 0. The van der Waals surface area contributed by atoms with Crippen LogP contribution in [0.3, 0.4) is 0 Å². The second kappa shape index (κ2) is 6.41. The topological polar surface area (TPSA) is 169 Å². The first kappa shape index (κ1) is 19.0. The highest BCUT2D eigenvalue weighted by molar-refractivity contribution is 5.21. The van der Waals surface area contributed by atoms with Crippen molar-refractivity contribution < 1.29 is 50.0 Å². The number of aliphatic hydroxyl groups excluding tert-OH is 5. The molecule has 7 N–H and O–H groups in total. The summed E-state index contributed by atoms with van der Waals surface area (Å²) in [5.41, 5.74) is -3.35. The van der Waals surface area contributed by atoms with Crippen LogP contribution in [0.4, 0.5) is 0 Å². The Hall–Kier alpha value is -0.820. The van der Waals surface area contributed by atoms with E-state index in [-0.39, 0.29) is 6.42 Å². The molecule has 0 amide bonds. The van der Waals surface area contributed by atoms with Crippen molar-refractivity contribution >= 4 is 0 Å². The Bertz CT molecular complexity index is 522. The van der Waals surface area contributed by atoms with Gasteiger partial charge in [0.05, 0.1) is 30.5 Å². The first-order chi connectivity index (χ1) is 11.6. The van der Waals surface area contributed by atoms with Gasteiger partial charge < -0.3 is 50.0 Å². The van der Waals surface area contributed by atoms with Crippen molar-refractivity contribution in [2.75, 3.05) is 6.61 Å².